The van der Waals surface area contributed by atoms with E-state index in [0.717, 1.165) is 25.3 Å². The molecule has 0 saturated heterocycles. The average molecular weight is 238 g/mol. The molecule has 0 radical (unpaired) electrons. The van der Waals surface area contributed by atoms with Crippen LogP contribution in [0.25, 0.3) is 0 Å². The fourth-order valence-electron chi connectivity index (χ4n) is 1.62. The van der Waals surface area contributed by atoms with Crippen molar-refractivity contribution in [1.82, 2.24) is 10.6 Å². The van der Waals surface area contributed by atoms with Gasteiger partial charge in [-0.05, 0) is 25.6 Å². The standard InChI is InChI=1S/C13H22N2O2/c1-4-14-9-10(2)13(16)15-11(3)8-12-6-5-7-17-12/h5-7,10-11,14H,4,8-9H2,1-3H3,(H,15,16). The fraction of sp³-hybridized carbons (Fsp3) is 0.615. The van der Waals surface area contributed by atoms with Gasteiger partial charge in [-0.15, -0.1) is 0 Å². The maximum Gasteiger partial charge on any atom is 0.224 e. The van der Waals surface area contributed by atoms with E-state index in [4.69, 9.17) is 4.42 Å². The number of rotatable bonds is 7. The third-order valence-corrected chi connectivity index (χ3v) is 2.62. The van der Waals surface area contributed by atoms with E-state index in [1.807, 2.05) is 32.9 Å². The summed E-state index contributed by atoms with van der Waals surface area (Å²) in [5.74, 6) is 0.983. The number of hydrogen-bond donors (Lipinski definition) is 2. The summed E-state index contributed by atoms with van der Waals surface area (Å²) >= 11 is 0. The van der Waals surface area contributed by atoms with E-state index in [9.17, 15) is 4.79 Å². The van der Waals surface area contributed by atoms with Crippen LogP contribution in [0.3, 0.4) is 0 Å². The highest BCUT2D eigenvalue weighted by molar-refractivity contribution is 5.78. The van der Waals surface area contributed by atoms with Crippen LogP contribution >= 0.6 is 0 Å². The van der Waals surface area contributed by atoms with Crippen LogP contribution in [0.2, 0.25) is 0 Å². The van der Waals surface area contributed by atoms with Gasteiger partial charge in [0.2, 0.25) is 5.91 Å². The van der Waals surface area contributed by atoms with Crippen LogP contribution in [0.5, 0.6) is 0 Å². The zero-order valence-electron chi connectivity index (χ0n) is 10.8. The van der Waals surface area contributed by atoms with E-state index in [2.05, 4.69) is 10.6 Å². The van der Waals surface area contributed by atoms with Gasteiger partial charge in [-0.25, -0.2) is 0 Å². The van der Waals surface area contributed by atoms with Gasteiger partial charge in [-0.1, -0.05) is 13.8 Å². The van der Waals surface area contributed by atoms with Gasteiger partial charge in [-0.2, -0.15) is 0 Å². The second-order valence-electron chi connectivity index (χ2n) is 4.40. The first-order chi connectivity index (χ1) is 8.13. The minimum absolute atomic E-state index is 0.00555. The van der Waals surface area contributed by atoms with Gasteiger partial charge in [0.15, 0.2) is 0 Å². The zero-order valence-corrected chi connectivity index (χ0v) is 10.8. The molecule has 2 unspecified atom stereocenters. The van der Waals surface area contributed by atoms with Gasteiger partial charge in [0, 0.05) is 24.9 Å². The molecule has 0 aromatic carbocycles. The largest absolute Gasteiger partial charge is 0.469 e. The lowest BCUT2D eigenvalue weighted by Crippen LogP contribution is -2.40. The number of carbonyl (C=O) groups is 1. The van der Waals surface area contributed by atoms with E-state index in [0.29, 0.717) is 0 Å². The molecule has 1 amide bonds. The van der Waals surface area contributed by atoms with Crippen molar-refractivity contribution < 1.29 is 9.21 Å². The van der Waals surface area contributed by atoms with Crippen LogP contribution in [0.15, 0.2) is 22.8 Å². The quantitative estimate of drug-likeness (QED) is 0.758. The Balaban J connectivity index is 2.30. The molecule has 0 fully saturated rings. The predicted molar refractivity (Wildman–Crippen MR) is 67.7 cm³/mol. The first-order valence-corrected chi connectivity index (χ1v) is 6.17. The Kier molecular flexibility index (Phi) is 5.77. The SMILES string of the molecule is CCNCC(C)C(=O)NC(C)Cc1ccco1. The van der Waals surface area contributed by atoms with Crippen molar-refractivity contribution in [3.8, 4) is 0 Å². The summed E-state index contributed by atoms with van der Waals surface area (Å²) in [5, 5.41) is 6.16. The highest BCUT2D eigenvalue weighted by Gasteiger charge is 2.15. The molecule has 0 spiro atoms. The van der Waals surface area contributed by atoms with Gasteiger partial charge in [0.05, 0.1) is 6.26 Å². The van der Waals surface area contributed by atoms with Crippen LogP contribution in [-0.4, -0.2) is 25.0 Å². The molecular formula is C13H22N2O2. The molecule has 0 saturated carbocycles. The van der Waals surface area contributed by atoms with E-state index >= 15 is 0 Å². The molecule has 1 aromatic rings. The summed E-state index contributed by atoms with van der Waals surface area (Å²) < 4.78 is 5.25. The molecular weight excluding hydrogens is 216 g/mol. The summed E-state index contributed by atoms with van der Waals surface area (Å²) in [6, 6.07) is 3.88. The number of nitrogens with one attached hydrogen (secondary N) is 2. The van der Waals surface area contributed by atoms with Gasteiger partial charge in [0.1, 0.15) is 5.76 Å². The molecule has 0 bridgehead atoms. The van der Waals surface area contributed by atoms with E-state index < -0.39 is 0 Å². The molecule has 17 heavy (non-hydrogen) atoms. The average Bonchev–Trinajstić information content (AvgIpc) is 2.78. The Bertz CT molecular complexity index is 322. The van der Waals surface area contributed by atoms with Gasteiger partial charge < -0.3 is 15.1 Å². The molecule has 1 aromatic heterocycles. The van der Waals surface area contributed by atoms with Crippen LogP contribution in [0.1, 0.15) is 26.5 Å². The summed E-state index contributed by atoms with van der Waals surface area (Å²) in [5.41, 5.74) is 0. The molecule has 1 rings (SSSR count). The molecule has 96 valence electrons. The lowest BCUT2D eigenvalue weighted by atomic mass is 10.1. The van der Waals surface area contributed by atoms with Crippen molar-refractivity contribution in [3.63, 3.8) is 0 Å². The van der Waals surface area contributed by atoms with Crippen molar-refractivity contribution in [2.45, 2.75) is 33.2 Å². The van der Waals surface area contributed by atoms with Crippen molar-refractivity contribution >= 4 is 5.91 Å². The zero-order chi connectivity index (χ0) is 12.7. The molecule has 4 nitrogen and oxygen atoms in total. The Morgan fingerprint density at radius 2 is 2.24 bits per heavy atom. The second kappa shape index (κ2) is 7.12. The first kappa shape index (κ1) is 13.8. The fourth-order valence-corrected chi connectivity index (χ4v) is 1.62. The normalized spacial score (nSPS) is 14.3. The molecule has 2 atom stereocenters. The van der Waals surface area contributed by atoms with E-state index in [1.54, 1.807) is 6.26 Å². The van der Waals surface area contributed by atoms with Gasteiger partial charge >= 0.3 is 0 Å². The van der Waals surface area contributed by atoms with Crippen LogP contribution in [-0.2, 0) is 11.2 Å². The smallest absolute Gasteiger partial charge is 0.224 e. The maximum atomic E-state index is 11.8. The molecule has 4 heteroatoms. The topological polar surface area (TPSA) is 54.3 Å². The van der Waals surface area contributed by atoms with E-state index in [1.165, 1.54) is 0 Å². The molecule has 1 heterocycles. The third-order valence-electron chi connectivity index (χ3n) is 2.62. The summed E-state index contributed by atoms with van der Waals surface area (Å²) in [7, 11) is 0. The summed E-state index contributed by atoms with van der Waals surface area (Å²) in [6.07, 6.45) is 2.38. The first-order valence-electron chi connectivity index (χ1n) is 6.17. The highest BCUT2D eigenvalue weighted by Crippen LogP contribution is 2.04. The number of hydrogen-bond acceptors (Lipinski definition) is 3. The Morgan fingerprint density at radius 3 is 2.82 bits per heavy atom. The number of amides is 1. The molecule has 2 N–H and O–H groups in total. The van der Waals surface area contributed by atoms with Gasteiger partial charge in [-0.3, -0.25) is 4.79 Å². The molecule has 0 aliphatic rings. The van der Waals surface area contributed by atoms with Crippen LogP contribution in [0, 0.1) is 5.92 Å². The monoisotopic (exact) mass is 238 g/mol. The number of furan rings is 1. The van der Waals surface area contributed by atoms with Crippen molar-refractivity contribution in [2.75, 3.05) is 13.1 Å². The van der Waals surface area contributed by atoms with Crippen molar-refractivity contribution in [3.05, 3.63) is 24.2 Å². The minimum Gasteiger partial charge on any atom is -0.469 e. The maximum absolute atomic E-state index is 11.8. The third kappa shape index (κ3) is 5.04. The Hall–Kier alpha value is -1.29. The minimum atomic E-state index is -0.00555. The second-order valence-corrected chi connectivity index (χ2v) is 4.40. The summed E-state index contributed by atoms with van der Waals surface area (Å²) in [4.78, 5) is 11.8. The van der Waals surface area contributed by atoms with Gasteiger partial charge in [0.25, 0.3) is 0 Å². The van der Waals surface area contributed by atoms with E-state index in [-0.39, 0.29) is 17.9 Å². The molecule has 0 aliphatic carbocycles. The summed E-state index contributed by atoms with van der Waals surface area (Å²) in [6.45, 7) is 7.55. The Morgan fingerprint density at radius 1 is 1.47 bits per heavy atom. The van der Waals surface area contributed by atoms with Crippen molar-refractivity contribution in [2.24, 2.45) is 5.92 Å². The Labute approximate surface area is 103 Å². The highest BCUT2D eigenvalue weighted by atomic mass is 16.3. The van der Waals surface area contributed by atoms with Crippen LogP contribution in [0.4, 0.5) is 0 Å². The van der Waals surface area contributed by atoms with Crippen molar-refractivity contribution in [1.29, 1.82) is 0 Å². The number of carbonyl (C=O) groups excluding carboxylic acids is 1. The molecule has 0 aliphatic heterocycles. The van der Waals surface area contributed by atoms with Crippen LogP contribution < -0.4 is 10.6 Å². The lowest BCUT2D eigenvalue weighted by molar-refractivity contribution is -0.125. The predicted octanol–water partition coefficient (Wildman–Crippen LogP) is 1.57. The lowest BCUT2D eigenvalue weighted by Gasteiger charge is -2.17.